The SMILES string of the molecule is O=C(c1cc2c(s1)-c1ccccc1CC2)N1CCN(c2nnnn2-c2ccccc2)CC1. The molecule has 4 aromatic rings. The maximum absolute atomic E-state index is 13.3. The number of benzene rings is 2. The molecule has 1 amide bonds. The first-order valence-electron chi connectivity index (χ1n) is 10.9. The monoisotopic (exact) mass is 442 g/mol. The number of anilines is 1. The van der Waals surface area contributed by atoms with Crippen molar-refractivity contribution < 1.29 is 4.79 Å². The van der Waals surface area contributed by atoms with Gasteiger partial charge >= 0.3 is 0 Å². The predicted molar refractivity (Wildman–Crippen MR) is 124 cm³/mol. The zero-order valence-electron chi connectivity index (χ0n) is 17.5. The Morgan fingerprint density at radius 3 is 2.47 bits per heavy atom. The van der Waals surface area contributed by atoms with Crippen molar-refractivity contribution in [2.75, 3.05) is 31.1 Å². The molecular formula is C24H22N6OS. The fourth-order valence-corrected chi connectivity index (χ4v) is 5.80. The number of para-hydroxylation sites is 1. The first-order chi connectivity index (χ1) is 15.8. The maximum atomic E-state index is 13.3. The van der Waals surface area contributed by atoms with E-state index in [4.69, 9.17) is 0 Å². The van der Waals surface area contributed by atoms with Gasteiger partial charge in [0.2, 0.25) is 5.95 Å². The van der Waals surface area contributed by atoms with E-state index in [0.29, 0.717) is 32.1 Å². The number of hydrogen-bond acceptors (Lipinski definition) is 6. The van der Waals surface area contributed by atoms with Gasteiger partial charge < -0.3 is 9.80 Å². The minimum atomic E-state index is 0.129. The van der Waals surface area contributed by atoms with Crippen molar-refractivity contribution in [2.24, 2.45) is 0 Å². The number of thiophene rings is 1. The molecule has 0 spiro atoms. The van der Waals surface area contributed by atoms with Crippen molar-refractivity contribution in [2.45, 2.75) is 12.8 Å². The summed E-state index contributed by atoms with van der Waals surface area (Å²) in [6, 6.07) is 20.5. The predicted octanol–water partition coefficient (Wildman–Crippen LogP) is 3.45. The van der Waals surface area contributed by atoms with Crippen molar-refractivity contribution in [1.82, 2.24) is 25.1 Å². The standard InChI is InChI=1S/C24H22N6OS/c31-23(21-16-18-11-10-17-6-4-5-9-20(17)22(18)32-21)28-12-14-29(15-13-28)24-25-26-27-30(24)19-7-2-1-3-8-19/h1-9,16H,10-15H2. The van der Waals surface area contributed by atoms with E-state index in [0.717, 1.165) is 23.4 Å². The van der Waals surface area contributed by atoms with Crippen LogP contribution < -0.4 is 4.90 Å². The van der Waals surface area contributed by atoms with Crippen molar-refractivity contribution in [3.05, 3.63) is 76.7 Å². The van der Waals surface area contributed by atoms with Gasteiger partial charge in [-0.15, -0.1) is 11.3 Å². The highest BCUT2D eigenvalue weighted by Gasteiger charge is 2.28. The van der Waals surface area contributed by atoms with Gasteiger partial charge in [-0.05, 0) is 58.2 Å². The van der Waals surface area contributed by atoms with Crippen LogP contribution in [0.5, 0.6) is 0 Å². The Kier molecular flexibility index (Phi) is 4.72. The Balaban J connectivity index is 1.18. The first-order valence-corrected chi connectivity index (χ1v) is 11.7. The van der Waals surface area contributed by atoms with Crippen LogP contribution in [0.15, 0.2) is 60.7 Å². The number of rotatable bonds is 3. The van der Waals surface area contributed by atoms with Crippen LogP contribution in [0.1, 0.15) is 20.8 Å². The average molecular weight is 443 g/mol. The van der Waals surface area contributed by atoms with Crippen LogP contribution in [0.25, 0.3) is 16.1 Å². The quantitative estimate of drug-likeness (QED) is 0.486. The Hall–Kier alpha value is -3.52. The summed E-state index contributed by atoms with van der Waals surface area (Å²) in [7, 11) is 0. The highest BCUT2D eigenvalue weighted by atomic mass is 32.1. The number of carbonyl (C=O) groups excluding carboxylic acids is 1. The van der Waals surface area contributed by atoms with Crippen LogP contribution in [0.4, 0.5) is 5.95 Å². The molecule has 0 atom stereocenters. The van der Waals surface area contributed by atoms with Gasteiger partial charge in [-0.25, -0.2) is 0 Å². The molecule has 8 heteroatoms. The van der Waals surface area contributed by atoms with E-state index in [1.54, 1.807) is 16.0 Å². The summed E-state index contributed by atoms with van der Waals surface area (Å²) in [5.41, 5.74) is 4.90. The van der Waals surface area contributed by atoms with Crippen LogP contribution in [0, 0.1) is 0 Å². The van der Waals surface area contributed by atoms with Gasteiger partial charge in [-0.2, -0.15) is 4.68 Å². The summed E-state index contributed by atoms with van der Waals surface area (Å²) in [5.74, 6) is 0.843. The summed E-state index contributed by atoms with van der Waals surface area (Å²) >= 11 is 1.64. The zero-order chi connectivity index (χ0) is 21.5. The second kappa shape index (κ2) is 7.87. The molecule has 32 heavy (non-hydrogen) atoms. The number of tetrazole rings is 1. The Labute approximate surface area is 189 Å². The third-order valence-electron chi connectivity index (χ3n) is 6.25. The highest BCUT2D eigenvalue weighted by Crippen LogP contribution is 2.39. The van der Waals surface area contributed by atoms with E-state index in [9.17, 15) is 4.79 Å². The van der Waals surface area contributed by atoms with Crippen LogP contribution in [-0.4, -0.2) is 57.2 Å². The summed E-state index contributed by atoms with van der Waals surface area (Å²) in [4.78, 5) is 19.5. The van der Waals surface area contributed by atoms with Crippen LogP contribution in [-0.2, 0) is 12.8 Å². The zero-order valence-corrected chi connectivity index (χ0v) is 18.3. The molecule has 2 aromatic heterocycles. The molecule has 2 aromatic carbocycles. The number of nitrogens with zero attached hydrogens (tertiary/aromatic N) is 6. The van der Waals surface area contributed by atoms with Crippen molar-refractivity contribution in [3.8, 4) is 16.1 Å². The fraction of sp³-hybridized carbons (Fsp3) is 0.250. The third kappa shape index (κ3) is 3.27. The van der Waals surface area contributed by atoms with Gasteiger partial charge in [0.1, 0.15) is 0 Å². The van der Waals surface area contributed by atoms with Gasteiger partial charge in [0, 0.05) is 31.1 Å². The summed E-state index contributed by atoms with van der Waals surface area (Å²) in [6.45, 7) is 2.71. The molecule has 3 heterocycles. The summed E-state index contributed by atoms with van der Waals surface area (Å²) in [6.07, 6.45) is 2.05. The Bertz CT molecular complexity index is 1270. The smallest absolute Gasteiger partial charge is 0.264 e. The number of carbonyl (C=O) groups is 1. The molecule has 0 radical (unpaired) electrons. The molecule has 0 saturated carbocycles. The number of aryl methyl sites for hydroxylation is 2. The van der Waals surface area contributed by atoms with Gasteiger partial charge in [-0.1, -0.05) is 47.6 Å². The second-order valence-electron chi connectivity index (χ2n) is 8.13. The van der Waals surface area contributed by atoms with Crippen molar-refractivity contribution >= 4 is 23.2 Å². The average Bonchev–Trinajstić information content (AvgIpc) is 3.52. The van der Waals surface area contributed by atoms with Gasteiger partial charge in [0.25, 0.3) is 5.91 Å². The molecule has 1 fully saturated rings. The highest BCUT2D eigenvalue weighted by molar-refractivity contribution is 7.17. The van der Waals surface area contributed by atoms with Crippen LogP contribution in [0.2, 0.25) is 0 Å². The number of hydrogen-bond donors (Lipinski definition) is 0. The largest absolute Gasteiger partial charge is 0.336 e. The molecule has 1 aliphatic heterocycles. The fourth-order valence-electron chi connectivity index (χ4n) is 4.56. The Morgan fingerprint density at radius 1 is 0.875 bits per heavy atom. The van der Waals surface area contributed by atoms with Gasteiger partial charge in [0.15, 0.2) is 0 Å². The van der Waals surface area contributed by atoms with Crippen LogP contribution in [0.3, 0.4) is 0 Å². The molecule has 2 aliphatic rings. The lowest BCUT2D eigenvalue weighted by molar-refractivity contribution is 0.0751. The lowest BCUT2D eigenvalue weighted by atomic mass is 9.91. The molecule has 0 N–H and O–H groups in total. The molecule has 0 unspecified atom stereocenters. The minimum Gasteiger partial charge on any atom is -0.336 e. The molecule has 160 valence electrons. The third-order valence-corrected chi connectivity index (χ3v) is 7.45. The number of aromatic nitrogens is 4. The molecule has 1 aliphatic carbocycles. The maximum Gasteiger partial charge on any atom is 0.264 e. The summed E-state index contributed by atoms with van der Waals surface area (Å²) in [5, 5.41) is 12.3. The van der Waals surface area contributed by atoms with E-state index in [-0.39, 0.29) is 5.91 Å². The van der Waals surface area contributed by atoms with E-state index >= 15 is 0 Å². The normalized spacial score (nSPS) is 15.4. The first kappa shape index (κ1) is 19.2. The minimum absolute atomic E-state index is 0.129. The van der Waals surface area contributed by atoms with E-state index in [1.165, 1.54) is 21.6 Å². The molecule has 7 nitrogen and oxygen atoms in total. The second-order valence-corrected chi connectivity index (χ2v) is 9.18. The lowest BCUT2D eigenvalue weighted by Gasteiger charge is -2.34. The Morgan fingerprint density at radius 2 is 1.62 bits per heavy atom. The van der Waals surface area contributed by atoms with Crippen molar-refractivity contribution in [1.29, 1.82) is 0 Å². The van der Waals surface area contributed by atoms with Crippen LogP contribution >= 0.6 is 11.3 Å². The molecule has 0 bridgehead atoms. The number of fused-ring (bicyclic) bond motifs is 3. The summed E-state index contributed by atoms with van der Waals surface area (Å²) < 4.78 is 1.75. The number of amides is 1. The lowest BCUT2D eigenvalue weighted by Crippen LogP contribution is -2.49. The van der Waals surface area contributed by atoms with E-state index < -0.39 is 0 Å². The molecule has 1 saturated heterocycles. The van der Waals surface area contributed by atoms with Crippen molar-refractivity contribution in [3.63, 3.8) is 0 Å². The molecular weight excluding hydrogens is 420 g/mol. The number of piperazine rings is 1. The van der Waals surface area contributed by atoms with E-state index in [1.807, 2.05) is 35.2 Å². The van der Waals surface area contributed by atoms with Gasteiger partial charge in [0.05, 0.1) is 10.6 Å². The molecule has 6 rings (SSSR count). The van der Waals surface area contributed by atoms with Gasteiger partial charge in [-0.3, -0.25) is 4.79 Å². The topological polar surface area (TPSA) is 67.2 Å². The van der Waals surface area contributed by atoms with E-state index in [2.05, 4.69) is 50.8 Å².